The van der Waals surface area contributed by atoms with E-state index in [4.69, 9.17) is 14.6 Å². The van der Waals surface area contributed by atoms with Gasteiger partial charge in [0.2, 0.25) is 0 Å². The normalized spacial score (nSPS) is 24.9. The Hall–Kier alpha value is -2.08. The van der Waals surface area contributed by atoms with E-state index in [1.807, 2.05) is 24.3 Å². The van der Waals surface area contributed by atoms with E-state index in [2.05, 4.69) is 0 Å². The van der Waals surface area contributed by atoms with Gasteiger partial charge in [0.15, 0.2) is 12.1 Å². The first-order valence-electron chi connectivity index (χ1n) is 6.52. The molecule has 0 aromatic heterocycles. The molecular weight excluding hydrogens is 262 g/mol. The molecule has 6 nitrogen and oxygen atoms in total. The van der Waals surface area contributed by atoms with Crippen molar-refractivity contribution in [1.82, 2.24) is 4.90 Å². The molecule has 3 rings (SSSR count). The van der Waals surface area contributed by atoms with Crippen LogP contribution in [0.15, 0.2) is 24.3 Å². The maximum atomic E-state index is 12.5. The van der Waals surface area contributed by atoms with Gasteiger partial charge in [0.25, 0.3) is 5.91 Å². The maximum absolute atomic E-state index is 12.5. The first-order valence-corrected chi connectivity index (χ1v) is 6.52. The van der Waals surface area contributed by atoms with Crippen LogP contribution in [0.25, 0.3) is 0 Å². The summed E-state index contributed by atoms with van der Waals surface area (Å²) in [7, 11) is 0. The van der Waals surface area contributed by atoms with Crippen LogP contribution >= 0.6 is 0 Å². The minimum Gasteiger partial charge on any atom is -0.480 e. The van der Waals surface area contributed by atoms with E-state index in [0.717, 1.165) is 5.56 Å². The number of morpholine rings is 1. The number of amides is 1. The highest BCUT2D eigenvalue weighted by atomic mass is 16.5. The fourth-order valence-electron chi connectivity index (χ4n) is 2.58. The fourth-order valence-corrected chi connectivity index (χ4v) is 2.58. The molecule has 20 heavy (non-hydrogen) atoms. The van der Waals surface area contributed by atoms with Gasteiger partial charge in [0, 0.05) is 13.0 Å². The van der Waals surface area contributed by atoms with Gasteiger partial charge in [-0.05, 0) is 11.6 Å². The number of hydrogen-bond acceptors (Lipinski definition) is 4. The Morgan fingerprint density at radius 2 is 2.10 bits per heavy atom. The monoisotopic (exact) mass is 277 g/mol. The Bertz CT molecular complexity index is 519. The molecule has 0 saturated carbocycles. The summed E-state index contributed by atoms with van der Waals surface area (Å²) in [5.41, 5.74) is 0.978. The number of hydrogen-bond donors (Lipinski definition) is 1. The number of rotatable bonds is 2. The van der Waals surface area contributed by atoms with Gasteiger partial charge in [-0.25, -0.2) is 4.79 Å². The zero-order valence-electron chi connectivity index (χ0n) is 10.8. The molecule has 0 unspecified atom stereocenters. The average Bonchev–Trinajstić information content (AvgIpc) is 2.90. The van der Waals surface area contributed by atoms with Crippen LogP contribution in [0.3, 0.4) is 0 Å². The molecule has 2 aliphatic rings. The van der Waals surface area contributed by atoms with Crippen molar-refractivity contribution in [2.24, 2.45) is 0 Å². The first kappa shape index (κ1) is 12.9. The molecule has 1 aromatic rings. The van der Waals surface area contributed by atoms with Crippen LogP contribution < -0.4 is 4.74 Å². The van der Waals surface area contributed by atoms with E-state index in [1.54, 1.807) is 0 Å². The summed E-state index contributed by atoms with van der Waals surface area (Å²) in [6, 6.07) is 6.54. The number of nitrogens with zero attached hydrogens (tertiary/aromatic N) is 1. The number of benzene rings is 1. The highest BCUT2D eigenvalue weighted by molar-refractivity contribution is 5.87. The van der Waals surface area contributed by atoms with Gasteiger partial charge in [-0.2, -0.15) is 0 Å². The van der Waals surface area contributed by atoms with Crippen LogP contribution in [-0.2, 0) is 20.7 Å². The lowest BCUT2D eigenvalue weighted by Gasteiger charge is -2.34. The fraction of sp³-hybridized carbons (Fsp3) is 0.429. The quantitative estimate of drug-likeness (QED) is 0.841. The molecule has 2 atom stereocenters. The number of aliphatic carboxylic acids is 1. The van der Waals surface area contributed by atoms with Crippen molar-refractivity contribution in [3.8, 4) is 5.75 Å². The molecule has 0 bridgehead atoms. The lowest BCUT2D eigenvalue weighted by Crippen LogP contribution is -2.56. The van der Waals surface area contributed by atoms with Crippen molar-refractivity contribution in [2.75, 3.05) is 19.8 Å². The van der Waals surface area contributed by atoms with Gasteiger partial charge in [-0.3, -0.25) is 4.79 Å². The van der Waals surface area contributed by atoms with Crippen LogP contribution in [0.4, 0.5) is 0 Å². The predicted molar refractivity (Wildman–Crippen MR) is 68.5 cm³/mol. The van der Waals surface area contributed by atoms with Crippen molar-refractivity contribution in [3.63, 3.8) is 0 Å². The molecule has 106 valence electrons. The molecule has 0 spiro atoms. The molecule has 1 amide bonds. The molecule has 1 fully saturated rings. The molecule has 1 aromatic carbocycles. The minimum atomic E-state index is -1.05. The lowest BCUT2D eigenvalue weighted by atomic mass is 10.1. The summed E-state index contributed by atoms with van der Waals surface area (Å²) < 4.78 is 10.8. The number of carboxylic acids is 1. The summed E-state index contributed by atoms with van der Waals surface area (Å²) in [5, 5.41) is 9.16. The van der Waals surface area contributed by atoms with Gasteiger partial charge in [-0.1, -0.05) is 18.2 Å². The third kappa shape index (κ3) is 2.22. The number of para-hydroxylation sites is 1. The molecule has 1 saturated heterocycles. The van der Waals surface area contributed by atoms with E-state index >= 15 is 0 Å². The lowest BCUT2D eigenvalue weighted by molar-refractivity contribution is -0.161. The second-order valence-corrected chi connectivity index (χ2v) is 4.88. The van der Waals surface area contributed by atoms with Gasteiger partial charge >= 0.3 is 5.97 Å². The van der Waals surface area contributed by atoms with Crippen LogP contribution in [0, 0.1) is 0 Å². The predicted octanol–water partition coefficient (Wildman–Crippen LogP) is 0.302. The third-order valence-corrected chi connectivity index (χ3v) is 3.62. The summed E-state index contributed by atoms with van der Waals surface area (Å²) in [4.78, 5) is 25.0. The topological polar surface area (TPSA) is 76.1 Å². The molecule has 2 heterocycles. The van der Waals surface area contributed by atoms with Crippen molar-refractivity contribution >= 4 is 11.9 Å². The van der Waals surface area contributed by atoms with E-state index < -0.39 is 18.1 Å². The maximum Gasteiger partial charge on any atom is 0.328 e. The van der Waals surface area contributed by atoms with Crippen LogP contribution in [-0.4, -0.2) is 53.8 Å². The van der Waals surface area contributed by atoms with E-state index in [1.165, 1.54) is 4.90 Å². The highest BCUT2D eigenvalue weighted by Crippen LogP contribution is 2.29. The zero-order valence-corrected chi connectivity index (χ0v) is 10.8. The summed E-state index contributed by atoms with van der Waals surface area (Å²) in [6.07, 6.45) is -0.147. The minimum absolute atomic E-state index is 0.0285. The average molecular weight is 277 g/mol. The molecule has 6 heteroatoms. The van der Waals surface area contributed by atoms with E-state index in [0.29, 0.717) is 18.8 Å². The van der Waals surface area contributed by atoms with Crippen LogP contribution in [0.2, 0.25) is 0 Å². The summed E-state index contributed by atoms with van der Waals surface area (Å²) >= 11 is 0. The summed E-state index contributed by atoms with van der Waals surface area (Å²) in [6.45, 7) is 0.669. The number of fused-ring (bicyclic) bond motifs is 1. The molecule has 0 radical (unpaired) electrons. The number of carbonyl (C=O) groups is 2. The second kappa shape index (κ2) is 5.13. The largest absolute Gasteiger partial charge is 0.480 e. The second-order valence-electron chi connectivity index (χ2n) is 4.88. The van der Waals surface area contributed by atoms with E-state index in [-0.39, 0.29) is 19.1 Å². The van der Waals surface area contributed by atoms with Gasteiger partial charge in [0.1, 0.15) is 5.75 Å². The van der Waals surface area contributed by atoms with Crippen molar-refractivity contribution in [1.29, 1.82) is 0 Å². The third-order valence-electron chi connectivity index (χ3n) is 3.62. The van der Waals surface area contributed by atoms with Crippen LogP contribution in [0.5, 0.6) is 5.75 Å². The van der Waals surface area contributed by atoms with Gasteiger partial charge < -0.3 is 19.5 Å². The SMILES string of the molecule is O=C(O)[C@H]1COCCN1C(=O)[C@@H]1Cc2ccccc2O1. The Kier molecular flexibility index (Phi) is 3.31. The van der Waals surface area contributed by atoms with Gasteiger partial charge in [0.05, 0.1) is 13.2 Å². The Morgan fingerprint density at radius 3 is 2.85 bits per heavy atom. The molecular formula is C14H15NO5. The first-order chi connectivity index (χ1) is 9.66. The van der Waals surface area contributed by atoms with Crippen molar-refractivity contribution < 1.29 is 24.2 Å². The summed E-state index contributed by atoms with van der Waals surface area (Å²) in [5.74, 6) is -0.628. The standard InChI is InChI=1S/C14H15NO5/c16-13(15-5-6-19-8-10(15)14(17)18)12-7-9-3-1-2-4-11(9)20-12/h1-4,10,12H,5-8H2,(H,17,18)/t10-,12+/m1/s1. The molecule has 1 N–H and O–H groups in total. The van der Waals surface area contributed by atoms with Gasteiger partial charge in [-0.15, -0.1) is 0 Å². The van der Waals surface area contributed by atoms with E-state index in [9.17, 15) is 9.59 Å². The number of carboxylic acid groups (broad SMARTS) is 1. The Morgan fingerprint density at radius 1 is 1.30 bits per heavy atom. The zero-order chi connectivity index (χ0) is 14.1. The Labute approximate surface area is 115 Å². The molecule has 0 aliphatic carbocycles. The van der Waals surface area contributed by atoms with Crippen molar-refractivity contribution in [3.05, 3.63) is 29.8 Å². The Balaban J connectivity index is 1.75. The van der Waals surface area contributed by atoms with Crippen LogP contribution in [0.1, 0.15) is 5.56 Å². The highest BCUT2D eigenvalue weighted by Gasteiger charge is 2.39. The number of carbonyl (C=O) groups excluding carboxylic acids is 1. The molecule has 2 aliphatic heterocycles. The number of ether oxygens (including phenoxy) is 2. The smallest absolute Gasteiger partial charge is 0.328 e. The van der Waals surface area contributed by atoms with Crippen molar-refractivity contribution in [2.45, 2.75) is 18.6 Å².